The minimum absolute atomic E-state index is 0.455. The molecule has 3 atom stereocenters. The summed E-state index contributed by atoms with van der Waals surface area (Å²) in [6.45, 7) is 12.3. The van der Waals surface area contributed by atoms with E-state index < -0.39 is 0 Å². The maximum absolute atomic E-state index is 4.15. The van der Waals surface area contributed by atoms with Gasteiger partial charge in [-0.15, -0.1) is 0 Å². The highest BCUT2D eigenvalue weighted by atomic mass is 15.0. The molecule has 1 heteroatoms. The molecule has 0 spiro atoms. The molecule has 1 saturated carbocycles. The molecule has 3 unspecified atom stereocenters. The van der Waals surface area contributed by atoms with E-state index in [9.17, 15) is 0 Å². The van der Waals surface area contributed by atoms with Gasteiger partial charge in [0.1, 0.15) is 0 Å². The number of hydrogen-bond acceptors (Lipinski definition) is 1. The first kappa shape index (κ1) is 9.26. The third-order valence-corrected chi connectivity index (χ3v) is 3.86. The van der Waals surface area contributed by atoms with Gasteiger partial charge in [-0.1, -0.05) is 32.9 Å². The lowest BCUT2D eigenvalue weighted by Crippen LogP contribution is -2.37. The lowest BCUT2D eigenvalue weighted by Gasteiger charge is -2.32. The Morgan fingerprint density at radius 1 is 1.31 bits per heavy atom. The van der Waals surface area contributed by atoms with Crippen LogP contribution in [0.4, 0.5) is 0 Å². The van der Waals surface area contributed by atoms with Crippen LogP contribution < -0.4 is 5.32 Å². The van der Waals surface area contributed by atoms with Crippen molar-refractivity contribution in [2.24, 2.45) is 17.3 Å². The molecule has 1 saturated heterocycles. The largest absolute Gasteiger partial charge is 0.309 e. The van der Waals surface area contributed by atoms with Crippen LogP contribution in [0.5, 0.6) is 0 Å². The van der Waals surface area contributed by atoms with E-state index in [0.717, 1.165) is 24.4 Å². The summed E-state index contributed by atoms with van der Waals surface area (Å²) in [5, 5.41) is 3.63. The highest BCUT2D eigenvalue weighted by Crippen LogP contribution is 2.46. The van der Waals surface area contributed by atoms with Crippen LogP contribution in [0.25, 0.3) is 0 Å². The number of rotatable bonds is 0. The van der Waals surface area contributed by atoms with Crippen molar-refractivity contribution < 1.29 is 0 Å². The van der Waals surface area contributed by atoms with Crippen LogP contribution in [0, 0.1) is 17.3 Å². The molecule has 0 aromatic heterocycles. The highest BCUT2D eigenvalue weighted by molar-refractivity contribution is 5.18. The molecule has 2 fully saturated rings. The van der Waals surface area contributed by atoms with Crippen molar-refractivity contribution >= 4 is 0 Å². The van der Waals surface area contributed by atoms with Gasteiger partial charge in [-0.05, 0) is 30.1 Å². The minimum Gasteiger partial charge on any atom is -0.309 e. The van der Waals surface area contributed by atoms with Crippen molar-refractivity contribution in [3.63, 3.8) is 0 Å². The third kappa shape index (κ3) is 1.43. The molecule has 0 amide bonds. The van der Waals surface area contributed by atoms with Crippen LogP contribution in [0.2, 0.25) is 0 Å². The molecule has 1 heterocycles. The Kier molecular flexibility index (Phi) is 2.03. The van der Waals surface area contributed by atoms with Gasteiger partial charge in [0.25, 0.3) is 0 Å². The summed E-state index contributed by atoms with van der Waals surface area (Å²) in [4.78, 5) is 0. The van der Waals surface area contributed by atoms with Gasteiger partial charge in [0.2, 0.25) is 0 Å². The quantitative estimate of drug-likeness (QED) is 0.564. The van der Waals surface area contributed by atoms with Crippen molar-refractivity contribution in [1.29, 1.82) is 0 Å². The monoisotopic (exact) mass is 179 g/mol. The van der Waals surface area contributed by atoms with Crippen LogP contribution in [0.15, 0.2) is 12.2 Å². The standard InChI is InChI=1S/C12H21N/c1-8-7-13-11-9(8)5-6-10(11)12(2,3)4/h9-11,13H,1,5-7H2,2-4H3. The molecule has 0 radical (unpaired) electrons. The van der Waals surface area contributed by atoms with E-state index in [4.69, 9.17) is 0 Å². The Morgan fingerprint density at radius 2 is 2.00 bits per heavy atom. The van der Waals surface area contributed by atoms with E-state index in [2.05, 4.69) is 32.7 Å². The SMILES string of the molecule is C=C1CNC2C1CCC2C(C)(C)C. The van der Waals surface area contributed by atoms with Crippen LogP contribution in [0.1, 0.15) is 33.6 Å². The Labute approximate surface area is 81.6 Å². The van der Waals surface area contributed by atoms with Gasteiger partial charge in [-0.25, -0.2) is 0 Å². The first-order valence-electron chi connectivity index (χ1n) is 5.41. The maximum atomic E-state index is 4.15. The summed E-state index contributed by atoms with van der Waals surface area (Å²) in [7, 11) is 0. The molecule has 13 heavy (non-hydrogen) atoms. The second-order valence-corrected chi connectivity index (χ2v) is 5.72. The topological polar surface area (TPSA) is 12.0 Å². The predicted octanol–water partition coefficient (Wildman–Crippen LogP) is 2.59. The van der Waals surface area contributed by atoms with Gasteiger partial charge in [-0.2, -0.15) is 0 Å². The summed E-state index contributed by atoms with van der Waals surface area (Å²) in [5.41, 5.74) is 1.90. The first-order chi connectivity index (χ1) is 6.00. The summed E-state index contributed by atoms with van der Waals surface area (Å²) in [6, 6.07) is 0.729. The molecule has 1 aliphatic heterocycles. The van der Waals surface area contributed by atoms with E-state index in [0.29, 0.717) is 5.41 Å². The fourth-order valence-electron chi connectivity index (χ4n) is 3.09. The van der Waals surface area contributed by atoms with Crippen molar-refractivity contribution in [1.82, 2.24) is 5.32 Å². The van der Waals surface area contributed by atoms with Gasteiger partial charge < -0.3 is 5.32 Å². The summed E-state index contributed by atoms with van der Waals surface area (Å²) in [6.07, 6.45) is 2.74. The first-order valence-corrected chi connectivity index (χ1v) is 5.41. The smallest absolute Gasteiger partial charge is 0.0169 e. The van der Waals surface area contributed by atoms with Crippen LogP contribution >= 0.6 is 0 Å². The molecule has 2 aliphatic rings. The zero-order valence-corrected chi connectivity index (χ0v) is 9.06. The zero-order valence-electron chi connectivity index (χ0n) is 9.06. The van der Waals surface area contributed by atoms with Crippen LogP contribution in [-0.2, 0) is 0 Å². The van der Waals surface area contributed by atoms with Gasteiger partial charge in [-0.3, -0.25) is 0 Å². The lowest BCUT2D eigenvalue weighted by molar-refractivity contribution is 0.206. The average molecular weight is 179 g/mol. The fourth-order valence-corrected chi connectivity index (χ4v) is 3.09. The highest BCUT2D eigenvalue weighted by Gasteiger charge is 2.45. The summed E-state index contributed by atoms with van der Waals surface area (Å²) < 4.78 is 0. The Bertz CT molecular complexity index is 224. The molecule has 1 N–H and O–H groups in total. The Morgan fingerprint density at radius 3 is 2.62 bits per heavy atom. The molecule has 74 valence electrons. The molecule has 0 aromatic rings. The normalized spacial score (nSPS) is 39.6. The molecule has 0 aromatic carbocycles. The second kappa shape index (κ2) is 2.84. The van der Waals surface area contributed by atoms with Crippen molar-refractivity contribution in [2.75, 3.05) is 6.54 Å². The molecule has 1 nitrogen and oxygen atoms in total. The number of fused-ring (bicyclic) bond motifs is 1. The Balaban J connectivity index is 2.15. The molecule has 0 bridgehead atoms. The Hall–Kier alpha value is -0.300. The molecule has 2 rings (SSSR count). The predicted molar refractivity (Wildman–Crippen MR) is 56.6 cm³/mol. The van der Waals surface area contributed by atoms with Gasteiger partial charge >= 0.3 is 0 Å². The zero-order chi connectivity index (χ0) is 9.64. The van der Waals surface area contributed by atoms with Crippen molar-refractivity contribution in [3.05, 3.63) is 12.2 Å². The van der Waals surface area contributed by atoms with E-state index in [1.807, 2.05) is 0 Å². The van der Waals surface area contributed by atoms with Gasteiger partial charge in [0.05, 0.1) is 0 Å². The van der Waals surface area contributed by atoms with Gasteiger partial charge in [0.15, 0.2) is 0 Å². The van der Waals surface area contributed by atoms with E-state index in [-0.39, 0.29) is 0 Å². The van der Waals surface area contributed by atoms with Crippen LogP contribution in [-0.4, -0.2) is 12.6 Å². The second-order valence-electron chi connectivity index (χ2n) is 5.72. The number of nitrogens with one attached hydrogen (secondary N) is 1. The van der Waals surface area contributed by atoms with Crippen molar-refractivity contribution in [3.8, 4) is 0 Å². The number of hydrogen-bond donors (Lipinski definition) is 1. The molecular weight excluding hydrogens is 158 g/mol. The van der Waals surface area contributed by atoms with Crippen molar-refractivity contribution in [2.45, 2.75) is 39.7 Å². The maximum Gasteiger partial charge on any atom is 0.0169 e. The van der Waals surface area contributed by atoms with E-state index >= 15 is 0 Å². The lowest BCUT2D eigenvalue weighted by atomic mass is 9.77. The fraction of sp³-hybridized carbons (Fsp3) is 0.833. The van der Waals surface area contributed by atoms with Crippen LogP contribution in [0.3, 0.4) is 0 Å². The van der Waals surface area contributed by atoms with Gasteiger partial charge in [0, 0.05) is 12.6 Å². The summed E-state index contributed by atoms with van der Waals surface area (Å²) >= 11 is 0. The average Bonchev–Trinajstić information content (AvgIpc) is 2.51. The van der Waals surface area contributed by atoms with E-state index in [1.54, 1.807) is 0 Å². The minimum atomic E-state index is 0.455. The van der Waals surface area contributed by atoms with E-state index in [1.165, 1.54) is 18.4 Å². The summed E-state index contributed by atoms with van der Waals surface area (Å²) in [5.74, 6) is 1.63. The third-order valence-electron chi connectivity index (χ3n) is 3.86. The molecular formula is C12H21N. The molecule has 1 aliphatic carbocycles.